The average Bonchev–Trinajstić information content (AvgIpc) is 2.91. The highest BCUT2D eigenvalue weighted by molar-refractivity contribution is 6.23. The molecule has 2 aromatic carbocycles. The molecule has 0 atom stereocenters. The predicted molar refractivity (Wildman–Crippen MR) is 103 cm³/mol. The highest BCUT2D eigenvalue weighted by Crippen LogP contribution is 2.27. The Morgan fingerprint density at radius 3 is 2.15 bits per heavy atom. The van der Waals surface area contributed by atoms with Gasteiger partial charge in [0.05, 0.1) is 11.1 Å². The van der Waals surface area contributed by atoms with E-state index in [4.69, 9.17) is 0 Å². The summed E-state index contributed by atoms with van der Waals surface area (Å²) < 4.78 is 0. The topological polar surface area (TPSA) is 78.5 Å². The third-order valence-electron chi connectivity index (χ3n) is 5.40. The normalized spacial score (nSPS) is 17.3. The Kier molecular flexibility index (Phi) is 4.79. The van der Waals surface area contributed by atoms with E-state index in [1.54, 1.807) is 12.1 Å². The predicted octanol–water partition coefficient (Wildman–Crippen LogP) is 3.07. The summed E-state index contributed by atoms with van der Waals surface area (Å²) >= 11 is 0. The maximum Gasteiger partial charge on any atom is 0.315 e. The molecule has 0 bridgehead atoms. The van der Waals surface area contributed by atoms with Gasteiger partial charge in [-0.3, -0.25) is 14.5 Å². The fourth-order valence-corrected chi connectivity index (χ4v) is 3.94. The molecule has 1 fully saturated rings. The monoisotopic (exact) mass is 365 g/mol. The Hall–Kier alpha value is -2.89. The van der Waals surface area contributed by atoms with Gasteiger partial charge >= 0.3 is 6.03 Å². The lowest BCUT2D eigenvalue weighted by Crippen LogP contribution is -2.45. The average molecular weight is 365 g/mol. The molecule has 27 heavy (non-hydrogen) atoms. The molecule has 1 saturated carbocycles. The molecule has 6 nitrogen and oxygen atoms in total. The van der Waals surface area contributed by atoms with Gasteiger partial charge in [-0.1, -0.05) is 43.5 Å². The molecule has 4 amide bonds. The molecule has 0 radical (unpaired) electrons. The van der Waals surface area contributed by atoms with Crippen molar-refractivity contribution in [1.82, 2.24) is 15.5 Å². The van der Waals surface area contributed by atoms with E-state index in [2.05, 4.69) is 10.6 Å². The smallest absolute Gasteiger partial charge is 0.315 e. The van der Waals surface area contributed by atoms with E-state index in [1.165, 1.54) is 11.3 Å². The van der Waals surface area contributed by atoms with Crippen LogP contribution in [0.1, 0.15) is 52.8 Å². The van der Waals surface area contributed by atoms with E-state index in [1.807, 2.05) is 24.3 Å². The van der Waals surface area contributed by atoms with Gasteiger partial charge in [0.15, 0.2) is 0 Å². The molecule has 2 N–H and O–H groups in total. The number of hydrogen-bond donors (Lipinski definition) is 2. The Bertz CT molecular complexity index is 848. The van der Waals surface area contributed by atoms with Gasteiger partial charge in [0.25, 0.3) is 11.8 Å². The number of nitrogens with zero attached hydrogens (tertiary/aromatic N) is 1. The van der Waals surface area contributed by atoms with Gasteiger partial charge in [0.2, 0.25) is 0 Å². The summed E-state index contributed by atoms with van der Waals surface area (Å²) in [7, 11) is 0. The van der Waals surface area contributed by atoms with Crippen LogP contribution in [0.5, 0.6) is 0 Å². The molecule has 140 valence electrons. The Balaban J connectivity index is 1.37. The van der Waals surface area contributed by atoms with E-state index < -0.39 is 0 Å². The fourth-order valence-electron chi connectivity index (χ4n) is 3.94. The fraction of sp³-hybridized carbons (Fsp3) is 0.381. The molecule has 0 saturated heterocycles. The molecule has 0 spiro atoms. The molecule has 2 aliphatic rings. The lowest BCUT2D eigenvalue weighted by Gasteiger charge is -2.23. The van der Waals surface area contributed by atoms with Gasteiger partial charge in [-0.05, 0) is 35.7 Å². The van der Waals surface area contributed by atoms with Crippen molar-refractivity contribution >= 4 is 28.6 Å². The Morgan fingerprint density at radius 1 is 0.963 bits per heavy atom. The summed E-state index contributed by atoms with van der Waals surface area (Å²) in [5.41, 5.74) is 0.871. The van der Waals surface area contributed by atoms with Crippen molar-refractivity contribution in [3.05, 3.63) is 47.5 Å². The van der Waals surface area contributed by atoms with Crippen LogP contribution >= 0.6 is 0 Å². The molecule has 0 aromatic heterocycles. The summed E-state index contributed by atoms with van der Waals surface area (Å²) in [5, 5.41) is 7.60. The molecule has 1 aliphatic carbocycles. The van der Waals surface area contributed by atoms with Crippen LogP contribution in [0.15, 0.2) is 36.4 Å². The number of hydrogen-bond acceptors (Lipinski definition) is 3. The first kappa shape index (κ1) is 17.5. The third-order valence-corrected chi connectivity index (χ3v) is 5.40. The lowest BCUT2D eigenvalue weighted by molar-refractivity contribution is 0.0655. The minimum absolute atomic E-state index is 0.167. The maximum absolute atomic E-state index is 12.6. The second-order valence-electron chi connectivity index (χ2n) is 7.24. The summed E-state index contributed by atoms with van der Waals surface area (Å²) in [6.45, 7) is 0.407. The minimum atomic E-state index is -0.296. The van der Waals surface area contributed by atoms with E-state index in [0.717, 1.165) is 36.5 Å². The SMILES string of the molecule is O=C(NCCN1C(=O)c2cc3ccccc3cc2C1=O)NC1CCCCC1. The van der Waals surface area contributed by atoms with Crippen LogP contribution in [0.3, 0.4) is 0 Å². The van der Waals surface area contributed by atoms with Gasteiger partial charge < -0.3 is 10.6 Å². The van der Waals surface area contributed by atoms with Gasteiger partial charge in [0, 0.05) is 19.1 Å². The van der Waals surface area contributed by atoms with Gasteiger partial charge in [-0.15, -0.1) is 0 Å². The second kappa shape index (κ2) is 7.39. The largest absolute Gasteiger partial charge is 0.336 e. The molecule has 4 rings (SSSR count). The second-order valence-corrected chi connectivity index (χ2v) is 7.24. The van der Waals surface area contributed by atoms with Crippen molar-refractivity contribution in [2.75, 3.05) is 13.1 Å². The molecule has 1 heterocycles. The maximum atomic E-state index is 12.6. The quantitative estimate of drug-likeness (QED) is 0.818. The number of imide groups is 1. The van der Waals surface area contributed by atoms with Crippen molar-refractivity contribution in [2.24, 2.45) is 0 Å². The Labute approximate surface area is 157 Å². The molecular formula is C21H23N3O3. The third kappa shape index (κ3) is 3.52. The van der Waals surface area contributed by atoms with Crippen LogP contribution in [0.25, 0.3) is 10.8 Å². The summed E-state index contributed by atoms with van der Waals surface area (Å²) in [4.78, 5) is 38.5. The van der Waals surface area contributed by atoms with Crippen LogP contribution in [0.4, 0.5) is 4.79 Å². The van der Waals surface area contributed by atoms with Crippen LogP contribution < -0.4 is 10.6 Å². The summed E-state index contributed by atoms with van der Waals surface area (Å²) in [5.74, 6) is -0.592. The number of urea groups is 1. The summed E-state index contributed by atoms with van der Waals surface area (Å²) in [6, 6.07) is 11.2. The number of amides is 4. The van der Waals surface area contributed by atoms with Crippen LogP contribution in [0.2, 0.25) is 0 Å². The standard InChI is InChI=1S/C21H23N3O3/c25-19-17-12-14-6-4-5-7-15(14)13-18(17)20(26)24(19)11-10-22-21(27)23-16-8-2-1-3-9-16/h4-7,12-13,16H,1-3,8-11H2,(H2,22,23,27). The minimum Gasteiger partial charge on any atom is -0.336 e. The number of rotatable bonds is 4. The highest BCUT2D eigenvalue weighted by atomic mass is 16.2. The zero-order valence-corrected chi connectivity index (χ0v) is 15.2. The number of nitrogens with one attached hydrogen (secondary N) is 2. The first-order chi connectivity index (χ1) is 13.1. The van der Waals surface area contributed by atoms with E-state index in [9.17, 15) is 14.4 Å². The van der Waals surface area contributed by atoms with Crippen molar-refractivity contribution in [2.45, 2.75) is 38.1 Å². The van der Waals surface area contributed by atoms with Gasteiger partial charge in [0.1, 0.15) is 0 Å². The first-order valence-electron chi connectivity index (χ1n) is 9.57. The Morgan fingerprint density at radius 2 is 1.56 bits per heavy atom. The number of carbonyl (C=O) groups excluding carboxylic acids is 3. The number of carbonyl (C=O) groups is 3. The zero-order chi connectivity index (χ0) is 18.8. The lowest BCUT2D eigenvalue weighted by atomic mass is 9.96. The van der Waals surface area contributed by atoms with E-state index in [0.29, 0.717) is 11.1 Å². The van der Waals surface area contributed by atoms with Crippen LogP contribution in [-0.2, 0) is 0 Å². The van der Waals surface area contributed by atoms with Crippen molar-refractivity contribution in [1.29, 1.82) is 0 Å². The molecule has 2 aromatic rings. The van der Waals surface area contributed by atoms with Gasteiger partial charge in [-0.2, -0.15) is 0 Å². The van der Waals surface area contributed by atoms with Crippen molar-refractivity contribution in [3.63, 3.8) is 0 Å². The van der Waals surface area contributed by atoms with Crippen LogP contribution in [-0.4, -0.2) is 41.9 Å². The van der Waals surface area contributed by atoms with Crippen molar-refractivity contribution < 1.29 is 14.4 Å². The van der Waals surface area contributed by atoms with E-state index in [-0.39, 0.29) is 37.0 Å². The van der Waals surface area contributed by atoms with Gasteiger partial charge in [-0.25, -0.2) is 4.79 Å². The first-order valence-corrected chi connectivity index (χ1v) is 9.57. The molecular weight excluding hydrogens is 342 g/mol. The van der Waals surface area contributed by atoms with Crippen LogP contribution in [0, 0.1) is 0 Å². The highest BCUT2D eigenvalue weighted by Gasteiger charge is 2.35. The zero-order valence-electron chi connectivity index (χ0n) is 15.2. The molecule has 0 unspecified atom stereocenters. The molecule has 6 heteroatoms. The summed E-state index contributed by atoms with van der Waals surface area (Å²) in [6.07, 6.45) is 5.55. The van der Waals surface area contributed by atoms with Crippen molar-refractivity contribution in [3.8, 4) is 0 Å². The number of benzene rings is 2. The van der Waals surface area contributed by atoms with E-state index >= 15 is 0 Å². The number of fused-ring (bicyclic) bond motifs is 2. The molecule has 1 aliphatic heterocycles.